The van der Waals surface area contributed by atoms with E-state index in [9.17, 15) is 4.79 Å². The number of aromatic nitrogens is 1. The van der Waals surface area contributed by atoms with E-state index in [2.05, 4.69) is 34.7 Å². The summed E-state index contributed by atoms with van der Waals surface area (Å²) in [5, 5.41) is 6.19. The highest BCUT2D eigenvalue weighted by molar-refractivity contribution is 5.94. The molecule has 2 aromatic rings. The molecule has 0 aliphatic carbocycles. The summed E-state index contributed by atoms with van der Waals surface area (Å²) in [6.45, 7) is 3.73. The average Bonchev–Trinajstić information content (AvgIpc) is 2.60. The number of hydrogen-bond donors (Lipinski definition) is 2. The standard InChI is InChI=1S/C19H25N3O/c1-2-3-7-13-20-18-11-10-17(15-22-18)19(23)21-14-12-16-8-5-4-6-9-16/h4-6,8-11,15H,2-3,7,12-14H2,1H3,(H,20,22)(H,21,23). The van der Waals surface area contributed by atoms with Crippen LogP contribution < -0.4 is 10.6 Å². The molecule has 23 heavy (non-hydrogen) atoms. The molecule has 1 aromatic carbocycles. The summed E-state index contributed by atoms with van der Waals surface area (Å²) < 4.78 is 0. The Balaban J connectivity index is 1.74. The lowest BCUT2D eigenvalue weighted by Crippen LogP contribution is -2.25. The maximum absolute atomic E-state index is 12.1. The fourth-order valence-electron chi connectivity index (χ4n) is 2.29. The summed E-state index contributed by atoms with van der Waals surface area (Å²) in [6, 6.07) is 13.8. The summed E-state index contributed by atoms with van der Waals surface area (Å²) >= 11 is 0. The van der Waals surface area contributed by atoms with Gasteiger partial charge in [0.2, 0.25) is 0 Å². The van der Waals surface area contributed by atoms with E-state index >= 15 is 0 Å². The third-order valence-corrected chi connectivity index (χ3v) is 3.65. The fourth-order valence-corrected chi connectivity index (χ4v) is 2.29. The van der Waals surface area contributed by atoms with Gasteiger partial charge in [0.15, 0.2) is 0 Å². The van der Waals surface area contributed by atoms with E-state index in [-0.39, 0.29) is 5.91 Å². The van der Waals surface area contributed by atoms with Gasteiger partial charge >= 0.3 is 0 Å². The SMILES string of the molecule is CCCCCNc1ccc(C(=O)NCCc2ccccc2)cn1. The van der Waals surface area contributed by atoms with Gasteiger partial charge in [-0.05, 0) is 30.5 Å². The molecule has 2 rings (SSSR count). The lowest BCUT2D eigenvalue weighted by atomic mass is 10.1. The lowest BCUT2D eigenvalue weighted by Gasteiger charge is -2.07. The minimum absolute atomic E-state index is 0.0778. The first kappa shape index (κ1) is 17.0. The van der Waals surface area contributed by atoms with Crippen molar-refractivity contribution in [2.24, 2.45) is 0 Å². The molecule has 0 atom stereocenters. The van der Waals surface area contributed by atoms with Gasteiger partial charge in [-0.25, -0.2) is 4.98 Å². The second-order valence-corrected chi connectivity index (χ2v) is 5.56. The second-order valence-electron chi connectivity index (χ2n) is 5.56. The van der Waals surface area contributed by atoms with Gasteiger partial charge in [0.25, 0.3) is 5.91 Å². The highest BCUT2D eigenvalue weighted by atomic mass is 16.1. The minimum Gasteiger partial charge on any atom is -0.370 e. The van der Waals surface area contributed by atoms with Crippen LogP contribution in [0.15, 0.2) is 48.7 Å². The van der Waals surface area contributed by atoms with E-state index in [4.69, 9.17) is 0 Å². The Hall–Kier alpha value is -2.36. The zero-order valence-electron chi connectivity index (χ0n) is 13.7. The van der Waals surface area contributed by atoms with Crippen molar-refractivity contribution in [1.29, 1.82) is 0 Å². The Morgan fingerprint density at radius 3 is 2.57 bits per heavy atom. The molecule has 0 unspecified atom stereocenters. The fraction of sp³-hybridized carbons (Fsp3) is 0.368. The number of nitrogens with one attached hydrogen (secondary N) is 2. The van der Waals surface area contributed by atoms with Crippen molar-refractivity contribution >= 4 is 11.7 Å². The number of carbonyl (C=O) groups is 1. The summed E-state index contributed by atoms with van der Waals surface area (Å²) in [6.07, 6.45) is 6.02. The second kappa shape index (κ2) is 9.62. The minimum atomic E-state index is -0.0778. The number of rotatable bonds is 9. The van der Waals surface area contributed by atoms with Crippen LogP contribution in [0.3, 0.4) is 0 Å². The van der Waals surface area contributed by atoms with Gasteiger partial charge < -0.3 is 10.6 Å². The molecule has 0 radical (unpaired) electrons. The third-order valence-electron chi connectivity index (χ3n) is 3.65. The third kappa shape index (κ3) is 6.10. The van der Waals surface area contributed by atoms with Gasteiger partial charge in [0.1, 0.15) is 5.82 Å². The topological polar surface area (TPSA) is 54.0 Å². The van der Waals surface area contributed by atoms with Crippen LogP contribution in [0.2, 0.25) is 0 Å². The molecule has 0 fully saturated rings. The lowest BCUT2D eigenvalue weighted by molar-refractivity contribution is 0.0954. The monoisotopic (exact) mass is 311 g/mol. The maximum atomic E-state index is 12.1. The smallest absolute Gasteiger partial charge is 0.252 e. The Morgan fingerprint density at radius 2 is 1.87 bits per heavy atom. The molecule has 4 heteroatoms. The Kier molecular flexibility index (Phi) is 7.11. The number of nitrogens with zero attached hydrogens (tertiary/aromatic N) is 1. The quantitative estimate of drug-likeness (QED) is 0.695. The summed E-state index contributed by atoms with van der Waals surface area (Å²) in [7, 11) is 0. The van der Waals surface area contributed by atoms with Crippen LogP contribution in [-0.4, -0.2) is 24.0 Å². The number of unbranched alkanes of at least 4 members (excludes halogenated alkanes) is 2. The molecule has 4 nitrogen and oxygen atoms in total. The molecule has 1 heterocycles. The van der Waals surface area contributed by atoms with Gasteiger partial charge in [-0.2, -0.15) is 0 Å². The van der Waals surface area contributed by atoms with Crippen LogP contribution in [0.25, 0.3) is 0 Å². The van der Waals surface area contributed by atoms with Gasteiger partial charge in [-0.1, -0.05) is 50.1 Å². The highest BCUT2D eigenvalue weighted by Crippen LogP contribution is 2.06. The first-order valence-electron chi connectivity index (χ1n) is 8.31. The number of pyridine rings is 1. The molecular weight excluding hydrogens is 286 g/mol. The molecule has 0 aliphatic rings. The molecule has 0 saturated carbocycles. The van der Waals surface area contributed by atoms with E-state index in [1.165, 1.54) is 18.4 Å². The molecule has 1 aromatic heterocycles. The van der Waals surface area contributed by atoms with Crippen LogP contribution in [0.5, 0.6) is 0 Å². The molecule has 1 amide bonds. The maximum Gasteiger partial charge on any atom is 0.252 e. The summed E-state index contributed by atoms with van der Waals surface area (Å²) in [5.74, 6) is 0.743. The van der Waals surface area contributed by atoms with Crippen LogP contribution in [-0.2, 0) is 6.42 Å². The van der Waals surface area contributed by atoms with Gasteiger partial charge in [-0.15, -0.1) is 0 Å². The number of anilines is 1. The van der Waals surface area contributed by atoms with Gasteiger partial charge in [-0.3, -0.25) is 4.79 Å². The summed E-state index contributed by atoms with van der Waals surface area (Å²) in [5.41, 5.74) is 1.81. The van der Waals surface area contributed by atoms with Crippen molar-refractivity contribution in [3.8, 4) is 0 Å². The number of carbonyl (C=O) groups excluding carboxylic acids is 1. The van der Waals surface area contributed by atoms with E-state index in [1.54, 1.807) is 6.20 Å². The normalized spacial score (nSPS) is 10.3. The van der Waals surface area contributed by atoms with Crippen molar-refractivity contribution in [3.05, 3.63) is 59.8 Å². The zero-order valence-corrected chi connectivity index (χ0v) is 13.7. The Bertz CT molecular complexity index is 581. The van der Waals surface area contributed by atoms with E-state index in [0.717, 1.165) is 25.2 Å². The molecular formula is C19H25N3O. The summed E-state index contributed by atoms with van der Waals surface area (Å²) in [4.78, 5) is 16.4. The van der Waals surface area contributed by atoms with Crippen molar-refractivity contribution in [3.63, 3.8) is 0 Å². The molecule has 0 saturated heterocycles. The number of hydrogen-bond acceptors (Lipinski definition) is 3. The zero-order chi connectivity index (χ0) is 16.3. The van der Waals surface area contributed by atoms with Crippen LogP contribution in [0.1, 0.15) is 42.1 Å². The largest absolute Gasteiger partial charge is 0.370 e. The first-order chi connectivity index (χ1) is 11.3. The molecule has 122 valence electrons. The van der Waals surface area contributed by atoms with E-state index in [0.29, 0.717) is 12.1 Å². The Morgan fingerprint density at radius 1 is 1.04 bits per heavy atom. The predicted molar refractivity (Wildman–Crippen MR) is 94.7 cm³/mol. The van der Waals surface area contributed by atoms with Crippen molar-refractivity contribution in [2.75, 3.05) is 18.4 Å². The first-order valence-corrected chi connectivity index (χ1v) is 8.31. The molecule has 0 spiro atoms. The molecule has 0 aliphatic heterocycles. The number of amides is 1. The molecule has 2 N–H and O–H groups in total. The van der Waals surface area contributed by atoms with E-state index in [1.807, 2.05) is 30.3 Å². The van der Waals surface area contributed by atoms with Gasteiger partial charge in [0, 0.05) is 19.3 Å². The predicted octanol–water partition coefficient (Wildman–Crippen LogP) is 3.66. The van der Waals surface area contributed by atoms with Gasteiger partial charge in [0.05, 0.1) is 5.56 Å². The van der Waals surface area contributed by atoms with Crippen LogP contribution in [0, 0.1) is 0 Å². The van der Waals surface area contributed by atoms with Crippen LogP contribution in [0.4, 0.5) is 5.82 Å². The van der Waals surface area contributed by atoms with Crippen molar-refractivity contribution in [1.82, 2.24) is 10.3 Å². The van der Waals surface area contributed by atoms with Crippen molar-refractivity contribution in [2.45, 2.75) is 32.6 Å². The van der Waals surface area contributed by atoms with E-state index < -0.39 is 0 Å². The van der Waals surface area contributed by atoms with Crippen LogP contribution >= 0.6 is 0 Å². The number of benzene rings is 1. The Labute approximate surface area is 138 Å². The highest BCUT2D eigenvalue weighted by Gasteiger charge is 2.05. The van der Waals surface area contributed by atoms with Crippen molar-refractivity contribution < 1.29 is 4.79 Å². The molecule has 0 bridgehead atoms. The average molecular weight is 311 g/mol.